The second-order valence-corrected chi connectivity index (χ2v) is 6.03. The van der Waals surface area contributed by atoms with Crippen LogP contribution in [0.25, 0.3) is 0 Å². The third-order valence-corrected chi connectivity index (χ3v) is 4.19. The Bertz CT molecular complexity index is 807. The van der Waals surface area contributed by atoms with Crippen LogP contribution in [0.4, 0.5) is 0 Å². The Morgan fingerprint density at radius 1 is 1.00 bits per heavy atom. The number of pyridine rings is 1. The molecule has 5 nitrogen and oxygen atoms in total. The van der Waals surface area contributed by atoms with Crippen molar-refractivity contribution >= 4 is 27.7 Å². The van der Waals surface area contributed by atoms with Crippen LogP contribution in [0, 0.1) is 6.92 Å². The minimum absolute atomic E-state index is 0.169. The maximum Gasteiger partial charge on any atom is 0.264 e. The number of amides is 2. The molecule has 0 atom stereocenters. The van der Waals surface area contributed by atoms with Gasteiger partial charge in [-0.05, 0) is 46.6 Å². The number of rotatable bonds is 3. The van der Waals surface area contributed by atoms with Crippen LogP contribution in [-0.4, -0.2) is 27.8 Å². The molecule has 2 aromatic rings. The number of imide groups is 1. The Kier molecular flexibility index (Phi) is 3.70. The predicted molar refractivity (Wildman–Crippen MR) is 84.9 cm³/mol. The van der Waals surface area contributed by atoms with Crippen molar-refractivity contribution in [1.29, 1.82) is 0 Å². The van der Waals surface area contributed by atoms with Gasteiger partial charge >= 0.3 is 0 Å². The van der Waals surface area contributed by atoms with Gasteiger partial charge < -0.3 is 4.57 Å². The van der Waals surface area contributed by atoms with E-state index in [2.05, 4.69) is 15.9 Å². The fraction of sp³-hybridized carbons (Fsp3) is 0.188. The minimum Gasteiger partial charge on any atom is -0.313 e. The van der Waals surface area contributed by atoms with Crippen molar-refractivity contribution in [3.63, 3.8) is 0 Å². The molecule has 6 heteroatoms. The lowest BCUT2D eigenvalue weighted by Gasteiger charge is -2.15. The van der Waals surface area contributed by atoms with Gasteiger partial charge in [0.15, 0.2) is 0 Å². The van der Waals surface area contributed by atoms with Gasteiger partial charge in [0.25, 0.3) is 17.4 Å². The Balaban J connectivity index is 1.83. The van der Waals surface area contributed by atoms with E-state index in [9.17, 15) is 14.4 Å². The second kappa shape index (κ2) is 5.53. The molecule has 3 rings (SSSR count). The Hall–Kier alpha value is -2.21. The predicted octanol–water partition coefficient (Wildman–Crippen LogP) is 2.22. The standard InChI is InChI=1S/C16H13BrN2O3/c1-10-8-13(17)16(22)18(9-10)6-7-19-14(20)11-4-2-3-5-12(11)15(19)21/h2-5,8-9H,6-7H2,1H3. The molecule has 0 fully saturated rings. The fourth-order valence-corrected chi connectivity index (χ4v) is 3.15. The molecule has 1 aliphatic rings. The lowest BCUT2D eigenvalue weighted by molar-refractivity contribution is 0.0648. The molecule has 0 spiro atoms. The zero-order valence-electron chi connectivity index (χ0n) is 11.9. The first-order valence-corrected chi connectivity index (χ1v) is 7.60. The maximum absolute atomic E-state index is 12.3. The first kappa shape index (κ1) is 14.7. The third kappa shape index (κ3) is 2.39. The molecule has 0 saturated carbocycles. The van der Waals surface area contributed by atoms with Crippen LogP contribution in [0.5, 0.6) is 0 Å². The molecule has 112 valence electrons. The highest BCUT2D eigenvalue weighted by Gasteiger charge is 2.34. The number of benzene rings is 1. The SMILES string of the molecule is Cc1cc(Br)c(=O)n(CCN2C(=O)c3ccccc3C2=O)c1. The number of carbonyl (C=O) groups is 2. The van der Waals surface area contributed by atoms with E-state index < -0.39 is 0 Å². The van der Waals surface area contributed by atoms with E-state index in [1.54, 1.807) is 36.5 Å². The number of hydrogen-bond donors (Lipinski definition) is 0. The van der Waals surface area contributed by atoms with Crippen LogP contribution < -0.4 is 5.56 Å². The number of carbonyl (C=O) groups excluding carboxylic acids is 2. The zero-order chi connectivity index (χ0) is 15.9. The molecular weight excluding hydrogens is 348 g/mol. The van der Waals surface area contributed by atoms with Crippen LogP contribution in [0.3, 0.4) is 0 Å². The van der Waals surface area contributed by atoms with Gasteiger partial charge in [-0.3, -0.25) is 19.3 Å². The number of aromatic nitrogens is 1. The van der Waals surface area contributed by atoms with Crippen LogP contribution >= 0.6 is 15.9 Å². The van der Waals surface area contributed by atoms with Gasteiger partial charge in [-0.2, -0.15) is 0 Å². The average molecular weight is 361 g/mol. The number of nitrogens with zero attached hydrogens (tertiary/aromatic N) is 2. The minimum atomic E-state index is -0.305. The highest BCUT2D eigenvalue weighted by molar-refractivity contribution is 9.10. The van der Waals surface area contributed by atoms with E-state index in [1.807, 2.05) is 6.92 Å². The van der Waals surface area contributed by atoms with Gasteiger partial charge in [0.2, 0.25) is 0 Å². The van der Waals surface area contributed by atoms with Crippen molar-refractivity contribution in [2.24, 2.45) is 0 Å². The fourth-order valence-electron chi connectivity index (χ4n) is 2.56. The molecule has 0 N–H and O–H groups in total. The van der Waals surface area contributed by atoms with Crippen molar-refractivity contribution in [3.05, 3.63) is 68.0 Å². The summed E-state index contributed by atoms with van der Waals surface area (Å²) in [6, 6.07) is 8.49. The van der Waals surface area contributed by atoms with E-state index in [0.717, 1.165) is 5.56 Å². The molecule has 1 aliphatic heterocycles. The normalized spacial score (nSPS) is 13.6. The van der Waals surface area contributed by atoms with Crippen molar-refractivity contribution in [1.82, 2.24) is 9.47 Å². The summed E-state index contributed by atoms with van der Waals surface area (Å²) in [5.74, 6) is -0.610. The second-order valence-electron chi connectivity index (χ2n) is 5.17. The van der Waals surface area contributed by atoms with Crippen LogP contribution in [-0.2, 0) is 6.54 Å². The van der Waals surface area contributed by atoms with E-state index in [0.29, 0.717) is 15.6 Å². The van der Waals surface area contributed by atoms with Crippen molar-refractivity contribution in [3.8, 4) is 0 Å². The summed E-state index contributed by atoms with van der Waals surface area (Å²) in [5.41, 5.74) is 1.59. The quantitative estimate of drug-likeness (QED) is 0.788. The Morgan fingerprint density at radius 2 is 1.59 bits per heavy atom. The number of halogens is 1. The highest BCUT2D eigenvalue weighted by Crippen LogP contribution is 2.22. The molecule has 2 heterocycles. The average Bonchev–Trinajstić information content (AvgIpc) is 2.74. The molecule has 0 unspecified atom stereocenters. The van der Waals surface area contributed by atoms with Crippen molar-refractivity contribution < 1.29 is 9.59 Å². The highest BCUT2D eigenvalue weighted by atomic mass is 79.9. The van der Waals surface area contributed by atoms with Crippen LogP contribution in [0.2, 0.25) is 0 Å². The topological polar surface area (TPSA) is 59.4 Å². The Morgan fingerprint density at radius 3 is 2.18 bits per heavy atom. The largest absolute Gasteiger partial charge is 0.313 e. The zero-order valence-corrected chi connectivity index (χ0v) is 13.5. The molecular formula is C16H13BrN2O3. The molecule has 22 heavy (non-hydrogen) atoms. The molecule has 1 aromatic carbocycles. The number of hydrogen-bond acceptors (Lipinski definition) is 3. The number of fused-ring (bicyclic) bond motifs is 1. The van der Waals surface area contributed by atoms with Gasteiger partial charge in [-0.25, -0.2) is 0 Å². The summed E-state index contributed by atoms with van der Waals surface area (Å²) in [6.45, 7) is 2.31. The Labute approximate surface area is 135 Å². The van der Waals surface area contributed by atoms with Gasteiger partial charge in [-0.15, -0.1) is 0 Å². The summed E-state index contributed by atoms with van der Waals surface area (Å²) in [7, 11) is 0. The summed E-state index contributed by atoms with van der Waals surface area (Å²) in [6.07, 6.45) is 1.71. The van der Waals surface area contributed by atoms with E-state index in [1.165, 1.54) is 9.47 Å². The van der Waals surface area contributed by atoms with Gasteiger partial charge in [0, 0.05) is 19.3 Å². The summed E-state index contributed by atoms with van der Waals surface area (Å²) in [4.78, 5) is 37.7. The molecule has 1 aromatic heterocycles. The summed E-state index contributed by atoms with van der Waals surface area (Å²) < 4.78 is 1.97. The molecule has 2 amide bonds. The molecule has 0 saturated heterocycles. The summed E-state index contributed by atoms with van der Waals surface area (Å²) in [5, 5.41) is 0. The lowest BCUT2D eigenvalue weighted by atomic mass is 10.1. The molecule has 0 bridgehead atoms. The van der Waals surface area contributed by atoms with Crippen molar-refractivity contribution in [2.75, 3.05) is 6.54 Å². The maximum atomic E-state index is 12.3. The third-order valence-electron chi connectivity index (χ3n) is 3.62. The van der Waals surface area contributed by atoms with Gasteiger partial charge in [0.05, 0.1) is 15.6 Å². The van der Waals surface area contributed by atoms with Crippen molar-refractivity contribution in [2.45, 2.75) is 13.5 Å². The smallest absolute Gasteiger partial charge is 0.264 e. The first-order valence-electron chi connectivity index (χ1n) is 6.81. The van der Waals surface area contributed by atoms with E-state index in [-0.39, 0.29) is 30.5 Å². The van der Waals surface area contributed by atoms with Gasteiger partial charge in [-0.1, -0.05) is 12.1 Å². The number of aryl methyl sites for hydroxylation is 1. The molecule has 0 aliphatic carbocycles. The first-order chi connectivity index (χ1) is 10.5. The van der Waals surface area contributed by atoms with E-state index >= 15 is 0 Å². The monoisotopic (exact) mass is 360 g/mol. The van der Waals surface area contributed by atoms with Gasteiger partial charge in [0.1, 0.15) is 0 Å². The molecule has 0 radical (unpaired) electrons. The van der Waals surface area contributed by atoms with Crippen LogP contribution in [0.15, 0.2) is 45.8 Å². The van der Waals surface area contributed by atoms with Crippen LogP contribution in [0.1, 0.15) is 26.3 Å². The summed E-state index contributed by atoms with van der Waals surface area (Å²) >= 11 is 3.22. The van der Waals surface area contributed by atoms with E-state index in [4.69, 9.17) is 0 Å². The lowest BCUT2D eigenvalue weighted by Crippen LogP contribution is -2.35.